The van der Waals surface area contributed by atoms with E-state index in [-0.39, 0.29) is 22.8 Å². The summed E-state index contributed by atoms with van der Waals surface area (Å²) >= 11 is 0. The van der Waals surface area contributed by atoms with Crippen molar-refractivity contribution in [1.82, 2.24) is 5.32 Å². The van der Waals surface area contributed by atoms with Gasteiger partial charge in [0.1, 0.15) is 17.1 Å². The molecule has 1 aliphatic carbocycles. The third kappa shape index (κ3) is 5.27. The van der Waals surface area contributed by atoms with Gasteiger partial charge in [-0.1, -0.05) is 58.1 Å². The summed E-state index contributed by atoms with van der Waals surface area (Å²) in [6, 6.07) is 4.15. The Morgan fingerprint density at radius 1 is 1.26 bits per heavy atom. The minimum absolute atomic E-state index is 0.00631. The Kier molecular flexibility index (Phi) is 7.08. The van der Waals surface area contributed by atoms with Crippen molar-refractivity contribution < 1.29 is 14.6 Å². The summed E-state index contributed by atoms with van der Waals surface area (Å²) in [5.41, 5.74) is 3.03. The van der Waals surface area contributed by atoms with Gasteiger partial charge < -0.3 is 15.2 Å². The van der Waals surface area contributed by atoms with Crippen molar-refractivity contribution in [2.45, 2.75) is 103 Å². The second-order valence-corrected chi connectivity index (χ2v) is 10.7. The molecular formula is C27H41NO3. The number of hydrogen-bond donors (Lipinski definition) is 2. The molecule has 2 aliphatic rings. The van der Waals surface area contributed by atoms with Crippen LogP contribution in [0.4, 0.5) is 0 Å². The highest BCUT2D eigenvalue weighted by Gasteiger charge is 2.46. The van der Waals surface area contributed by atoms with E-state index in [2.05, 4.69) is 52.1 Å². The summed E-state index contributed by atoms with van der Waals surface area (Å²) in [5, 5.41) is 14.1. The zero-order valence-electron chi connectivity index (χ0n) is 20.3. The molecule has 1 amide bonds. The van der Waals surface area contributed by atoms with Gasteiger partial charge in [0.05, 0.1) is 0 Å². The smallest absolute Gasteiger partial charge is 0.217 e. The number of amides is 1. The first-order chi connectivity index (χ1) is 14.5. The van der Waals surface area contributed by atoms with E-state index in [1.165, 1.54) is 31.3 Å². The van der Waals surface area contributed by atoms with Crippen LogP contribution in [0.3, 0.4) is 0 Å². The van der Waals surface area contributed by atoms with Gasteiger partial charge in [-0.15, -0.1) is 0 Å². The highest BCUT2D eigenvalue weighted by atomic mass is 16.5. The molecule has 31 heavy (non-hydrogen) atoms. The minimum atomic E-state index is -0.302. The fourth-order valence-corrected chi connectivity index (χ4v) is 5.38. The van der Waals surface area contributed by atoms with Crippen LogP contribution >= 0.6 is 0 Å². The number of rotatable bonds is 8. The summed E-state index contributed by atoms with van der Waals surface area (Å²) in [4.78, 5) is 11.4. The number of hydrogen-bond acceptors (Lipinski definition) is 3. The third-order valence-electron chi connectivity index (χ3n) is 7.39. The predicted molar refractivity (Wildman–Crippen MR) is 127 cm³/mol. The van der Waals surface area contributed by atoms with E-state index in [9.17, 15) is 9.90 Å². The van der Waals surface area contributed by atoms with Gasteiger partial charge in [0.2, 0.25) is 5.91 Å². The molecule has 0 spiro atoms. The van der Waals surface area contributed by atoms with Gasteiger partial charge in [-0.05, 0) is 56.2 Å². The average molecular weight is 428 g/mol. The number of carbonyl (C=O) groups excluding carboxylic acids is 1. The van der Waals surface area contributed by atoms with Crippen LogP contribution in [0.1, 0.15) is 104 Å². The third-order valence-corrected chi connectivity index (χ3v) is 7.39. The Hall–Kier alpha value is -1.97. The molecule has 1 aromatic carbocycles. The molecule has 0 radical (unpaired) electrons. The molecule has 172 valence electrons. The van der Waals surface area contributed by atoms with Gasteiger partial charge in [-0.25, -0.2) is 0 Å². The maximum Gasteiger partial charge on any atom is 0.217 e. The van der Waals surface area contributed by atoms with Gasteiger partial charge >= 0.3 is 0 Å². The van der Waals surface area contributed by atoms with Crippen LogP contribution in [-0.4, -0.2) is 23.2 Å². The number of unbranched alkanes of at least 4 members (excludes halogenated alkanes) is 3. The van der Waals surface area contributed by atoms with Gasteiger partial charge in [0.15, 0.2) is 0 Å². The molecule has 0 bridgehead atoms. The minimum Gasteiger partial charge on any atom is -0.508 e. The number of phenols is 1. The number of ether oxygens (including phenoxy) is 1. The zero-order chi connectivity index (χ0) is 22.8. The van der Waals surface area contributed by atoms with E-state index in [0.717, 1.165) is 36.1 Å². The van der Waals surface area contributed by atoms with Crippen molar-refractivity contribution >= 4 is 5.91 Å². The van der Waals surface area contributed by atoms with E-state index in [4.69, 9.17) is 4.74 Å². The Morgan fingerprint density at radius 3 is 2.68 bits per heavy atom. The summed E-state index contributed by atoms with van der Waals surface area (Å²) in [6.45, 7) is 13.2. The molecule has 1 heterocycles. The molecule has 1 aromatic rings. The molecule has 0 saturated carbocycles. The number of benzene rings is 1. The Bertz CT molecular complexity index is 837. The van der Waals surface area contributed by atoms with Crippen LogP contribution < -0.4 is 10.1 Å². The maximum absolute atomic E-state index is 11.4. The van der Waals surface area contributed by atoms with E-state index in [0.29, 0.717) is 18.2 Å². The van der Waals surface area contributed by atoms with Crippen molar-refractivity contribution in [2.24, 2.45) is 5.92 Å². The molecule has 0 saturated heterocycles. The van der Waals surface area contributed by atoms with Crippen LogP contribution in [-0.2, 0) is 10.2 Å². The fraction of sp³-hybridized carbons (Fsp3) is 0.667. The van der Waals surface area contributed by atoms with Gasteiger partial charge in [-0.2, -0.15) is 0 Å². The van der Waals surface area contributed by atoms with E-state index >= 15 is 0 Å². The maximum atomic E-state index is 11.4. The number of fused-ring (bicyclic) bond motifs is 3. The van der Waals surface area contributed by atoms with Crippen molar-refractivity contribution in [3.8, 4) is 11.5 Å². The number of aromatic hydroxyl groups is 1. The fourth-order valence-electron chi connectivity index (χ4n) is 5.38. The molecule has 2 N–H and O–H groups in total. The van der Waals surface area contributed by atoms with Crippen LogP contribution in [0.5, 0.6) is 11.5 Å². The summed E-state index contributed by atoms with van der Waals surface area (Å²) in [6.07, 6.45) is 10.1. The average Bonchev–Trinajstić information content (AvgIpc) is 2.68. The van der Waals surface area contributed by atoms with Crippen LogP contribution in [0.25, 0.3) is 0 Å². The molecule has 3 rings (SSSR count). The second-order valence-electron chi connectivity index (χ2n) is 10.7. The van der Waals surface area contributed by atoms with Crippen molar-refractivity contribution in [2.75, 3.05) is 6.54 Å². The number of carbonyl (C=O) groups is 1. The van der Waals surface area contributed by atoms with Crippen molar-refractivity contribution in [1.29, 1.82) is 0 Å². The number of nitrogens with one attached hydrogen (secondary N) is 1. The summed E-state index contributed by atoms with van der Waals surface area (Å²) in [7, 11) is 0. The molecule has 2 atom stereocenters. The van der Waals surface area contributed by atoms with E-state index in [1.54, 1.807) is 6.92 Å². The number of phenolic OH excluding ortho intramolecular Hbond substituents is 1. The summed E-state index contributed by atoms with van der Waals surface area (Å²) in [5.74, 6) is 1.70. The highest BCUT2D eigenvalue weighted by molar-refractivity contribution is 5.73. The standard InChI is InChI=1S/C27H41NO3/c1-7-8-9-10-13-26(3,4)20-15-23(30)25-21-14-19(17-28-18(2)29)11-12-22(21)27(5,6)31-24(25)16-20/h11,15-16,21-22,30H,7-10,12-14,17H2,1-6H3,(H,28,29)/t21-,22-/m0/s1. The molecular weight excluding hydrogens is 386 g/mol. The van der Waals surface area contributed by atoms with Crippen LogP contribution in [0.2, 0.25) is 0 Å². The van der Waals surface area contributed by atoms with E-state index < -0.39 is 0 Å². The Balaban J connectivity index is 1.89. The first-order valence-electron chi connectivity index (χ1n) is 12.0. The first kappa shape index (κ1) is 23.7. The second kappa shape index (κ2) is 9.26. The Morgan fingerprint density at radius 2 is 2.00 bits per heavy atom. The molecule has 0 unspecified atom stereocenters. The zero-order valence-corrected chi connectivity index (χ0v) is 20.3. The predicted octanol–water partition coefficient (Wildman–Crippen LogP) is 6.37. The molecule has 0 fully saturated rings. The normalized spacial score (nSPS) is 22.1. The lowest BCUT2D eigenvalue weighted by Gasteiger charge is -2.47. The van der Waals surface area contributed by atoms with Gasteiger partial charge in [-0.3, -0.25) is 4.79 Å². The van der Waals surface area contributed by atoms with Crippen molar-refractivity contribution in [3.05, 3.63) is 34.9 Å². The molecule has 4 nitrogen and oxygen atoms in total. The van der Waals surface area contributed by atoms with Crippen molar-refractivity contribution in [3.63, 3.8) is 0 Å². The largest absolute Gasteiger partial charge is 0.508 e. The first-order valence-corrected chi connectivity index (χ1v) is 12.0. The monoisotopic (exact) mass is 427 g/mol. The lowest BCUT2D eigenvalue weighted by Crippen LogP contribution is -2.46. The van der Waals surface area contributed by atoms with E-state index in [1.807, 2.05) is 6.07 Å². The Labute approximate surface area is 188 Å². The van der Waals surface area contributed by atoms with Crippen LogP contribution in [0, 0.1) is 5.92 Å². The van der Waals surface area contributed by atoms with Crippen LogP contribution in [0.15, 0.2) is 23.8 Å². The molecule has 4 heteroatoms. The molecule has 0 aromatic heterocycles. The lowest BCUT2D eigenvalue weighted by atomic mass is 9.66. The van der Waals surface area contributed by atoms with Gasteiger partial charge in [0.25, 0.3) is 0 Å². The SMILES string of the molecule is CCCCCCC(C)(C)c1cc(O)c2c(c1)OC(C)(C)[C@H]1CC=C(CNC(C)=O)C[C@H]21. The summed E-state index contributed by atoms with van der Waals surface area (Å²) < 4.78 is 6.52. The van der Waals surface area contributed by atoms with Gasteiger partial charge in [0, 0.05) is 30.9 Å². The molecule has 1 aliphatic heterocycles. The topological polar surface area (TPSA) is 58.6 Å². The lowest BCUT2D eigenvalue weighted by molar-refractivity contribution is -0.118. The quantitative estimate of drug-likeness (QED) is 0.374. The highest BCUT2D eigenvalue weighted by Crippen LogP contribution is 2.55. The number of allylic oxidation sites excluding steroid dienone is 1.